The molecule has 12 nitrogen and oxygen atoms in total. The largest absolute Gasteiger partial charge is 0.454 e. The number of aromatic amines is 1. The number of rotatable bonds is 9. The van der Waals surface area contributed by atoms with Crippen molar-refractivity contribution in [3.8, 4) is 17.2 Å². The maximum atomic E-state index is 15.4. The van der Waals surface area contributed by atoms with Gasteiger partial charge in [-0.25, -0.2) is 21.9 Å². The lowest BCUT2D eigenvalue weighted by Crippen LogP contribution is -2.44. The lowest BCUT2D eigenvalue weighted by Gasteiger charge is -2.26. The van der Waals surface area contributed by atoms with Crippen molar-refractivity contribution < 1.29 is 36.3 Å². The van der Waals surface area contributed by atoms with Crippen LogP contribution >= 0.6 is 0 Å². The molecule has 2 aromatic heterocycles. The first-order valence-electron chi connectivity index (χ1n) is 14.5. The third-order valence-corrected chi connectivity index (χ3v) is 8.87. The molecule has 1 saturated heterocycles. The molecule has 0 aliphatic carbocycles. The SMILES string of the molecule is Cc1cc2cc(C(=O)c3cnn(-c4c(C)cc(Oc5ccccc5F)cc4F)c3N)[nH]c2cc1NS(=O)(=O)CC(=O)N1CCOCC1. The van der Waals surface area contributed by atoms with Crippen LogP contribution < -0.4 is 15.2 Å². The van der Waals surface area contributed by atoms with Gasteiger partial charge in [-0.2, -0.15) is 5.10 Å². The van der Waals surface area contributed by atoms with Gasteiger partial charge in [0.2, 0.25) is 21.7 Å². The molecule has 3 aromatic carbocycles. The highest BCUT2D eigenvalue weighted by Gasteiger charge is 2.25. The third kappa shape index (κ3) is 6.53. The van der Waals surface area contributed by atoms with E-state index in [-0.39, 0.29) is 39.9 Å². The summed E-state index contributed by atoms with van der Waals surface area (Å²) in [6.45, 7) is 4.66. The van der Waals surface area contributed by atoms with Gasteiger partial charge in [-0.05, 0) is 61.4 Å². The van der Waals surface area contributed by atoms with Gasteiger partial charge in [0, 0.05) is 30.1 Å². The smallest absolute Gasteiger partial charge is 0.241 e. The zero-order valence-electron chi connectivity index (χ0n) is 25.3. The highest BCUT2D eigenvalue weighted by molar-refractivity contribution is 7.93. The van der Waals surface area contributed by atoms with Crippen LogP contribution in [0.2, 0.25) is 0 Å². The lowest BCUT2D eigenvalue weighted by molar-refractivity contribution is -0.132. The first kappa shape index (κ1) is 31.7. The summed E-state index contributed by atoms with van der Waals surface area (Å²) in [5, 5.41) is 4.79. The molecule has 47 heavy (non-hydrogen) atoms. The molecule has 0 saturated carbocycles. The summed E-state index contributed by atoms with van der Waals surface area (Å²) in [6.07, 6.45) is 1.22. The van der Waals surface area contributed by atoms with E-state index in [0.717, 1.165) is 10.7 Å². The Kier molecular flexibility index (Phi) is 8.42. The average Bonchev–Trinajstić information content (AvgIpc) is 3.61. The maximum absolute atomic E-state index is 15.4. The topological polar surface area (TPSA) is 162 Å². The molecule has 3 heterocycles. The number of hydrogen-bond donors (Lipinski definition) is 3. The molecule has 1 fully saturated rings. The minimum Gasteiger partial charge on any atom is -0.454 e. The Morgan fingerprint density at radius 3 is 2.51 bits per heavy atom. The highest BCUT2D eigenvalue weighted by atomic mass is 32.2. The Hall–Kier alpha value is -5.28. The Balaban J connectivity index is 1.22. The monoisotopic (exact) mass is 664 g/mol. The van der Waals surface area contributed by atoms with Gasteiger partial charge in [-0.3, -0.25) is 14.3 Å². The second-order valence-electron chi connectivity index (χ2n) is 11.1. The van der Waals surface area contributed by atoms with Gasteiger partial charge in [-0.15, -0.1) is 0 Å². The maximum Gasteiger partial charge on any atom is 0.241 e. The van der Waals surface area contributed by atoms with Crippen LogP contribution in [0.5, 0.6) is 11.5 Å². The molecule has 6 rings (SSSR count). The number of H-pyrrole nitrogens is 1. The predicted molar refractivity (Wildman–Crippen MR) is 170 cm³/mol. The number of nitrogens with zero attached hydrogens (tertiary/aromatic N) is 3. The minimum absolute atomic E-state index is 0.00122. The van der Waals surface area contributed by atoms with Crippen molar-refractivity contribution in [3.05, 3.63) is 94.8 Å². The molecule has 0 atom stereocenters. The van der Waals surface area contributed by atoms with Crippen LogP contribution in [0, 0.1) is 25.5 Å². The lowest BCUT2D eigenvalue weighted by atomic mass is 10.1. The number of para-hydroxylation sites is 1. The molecule has 4 N–H and O–H groups in total. The Labute approximate surface area is 268 Å². The van der Waals surface area contributed by atoms with Crippen LogP contribution in [0.3, 0.4) is 0 Å². The zero-order valence-corrected chi connectivity index (χ0v) is 26.2. The summed E-state index contributed by atoms with van der Waals surface area (Å²) in [5.74, 6) is -3.25. The van der Waals surface area contributed by atoms with Crippen molar-refractivity contribution in [1.82, 2.24) is 19.7 Å². The summed E-state index contributed by atoms with van der Waals surface area (Å²) >= 11 is 0. The number of nitrogens with one attached hydrogen (secondary N) is 2. The van der Waals surface area contributed by atoms with E-state index in [1.807, 2.05) is 0 Å². The highest BCUT2D eigenvalue weighted by Crippen LogP contribution is 2.32. The number of halogens is 2. The molecular weight excluding hydrogens is 634 g/mol. The molecule has 0 spiro atoms. The number of anilines is 2. The number of morpholine rings is 1. The van der Waals surface area contributed by atoms with Crippen molar-refractivity contribution in [2.45, 2.75) is 13.8 Å². The second-order valence-corrected chi connectivity index (χ2v) is 12.8. The normalized spacial score (nSPS) is 13.6. The number of amides is 1. The number of fused-ring (bicyclic) bond motifs is 1. The molecule has 0 unspecified atom stereocenters. The van der Waals surface area contributed by atoms with Gasteiger partial charge in [0.15, 0.2) is 17.4 Å². The Morgan fingerprint density at radius 2 is 1.79 bits per heavy atom. The van der Waals surface area contributed by atoms with E-state index in [2.05, 4.69) is 14.8 Å². The molecule has 15 heteroatoms. The molecule has 1 amide bonds. The fraction of sp³-hybridized carbons (Fsp3) is 0.219. The van der Waals surface area contributed by atoms with Crippen LogP contribution in [0.25, 0.3) is 16.6 Å². The number of ether oxygens (including phenoxy) is 2. The van der Waals surface area contributed by atoms with Crippen molar-refractivity contribution >= 4 is 44.1 Å². The van der Waals surface area contributed by atoms with Crippen molar-refractivity contribution in [1.29, 1.82) is 0 Å². The van der Waals surface area contributed by atoms with Gasteiger partial charge in [-0.1, -0.05) is 12.1 Å². The number of hydrogen-bond acceptors (Lipinski definition) is 8. The van der Waals surface area contributed by atoms with Crippen LogP contribution in [0.4, 0.5) is 20.3 Å². The predicted octanol–water partition coefficient (Wildman–Crippen LogP) is 4.45. The number of ketones is 1. The number of sulfonamides is 1. The minimum atomic E-state index is -4.03. The van der Waals surface area contributed by atoms with Gasteiger partial charge >= 0.3 is 0 Å². The van der Waals surface area contributed by atoms with Gasteiger partial charge in [0.1, 0.15) is 23.0 Å². The molecular formula is C32H30F2N6O6S. The number of aryl methyl sites for hydroxylation is 2. The summed E-state index contributed by atoms with van der Waals surface area (Å²) < 4.78 is 69.4. The van der Waals surface area contributed by atoms with Crippen molar-refractivity contribution in [2.75, 3.05) is 42.5 Å². The molecule has 1 aliphatic heterocycles. The van der Waals surface area contributed by atoms with Crippen LogP contribution in [0.15, 0.2) is 60.8 Å². The van der Waals surface area contributed by atoms with E-state index in [9.17, 15) is 22.4 Å². The molecule has 1 aliphatic rings. The fourth-order valence-corrected chi connectivity index (χ4v) is 6.47. The molecule has 244 valence electrons. The first-order valence-corrected chi connectivity index (χ1v) is 16.2. The van der Waals surface area contributed by atoms with Crippen molar-refractivity contribution in [3.63, 3.8) is 0 Å². The number of benzene rings is 3. The zero-order chi connectivity index (χ0) is 33.5. The van der Waals surface area contributed by atoms with E-state index >= 15 is 4.39 Å². The number of carbonyl (C=O) groups is 2. The standard InChI is InChI=1S/C32H30F2N6O6S/c1-18-11-20-13-27(37-26(20)15-25(18)38-47(43,44)17-29(41)39-7-9-45-10-8-39)31(42)22-16-36-40(32(22)35)30-19(2)12-21(14-24(30)34)46-28-6-4-3-5-23(28)33/h3-6,11-16,37-38H,7-10,17,35H2,1-2H3. The van der Waals surface area contributed by atoms with Crippen molar-refractivity contribution in [2.24, 2.45) is 0 Å². The summed E-state index contributed by atoms with van der Waals surface area (Å²) in [5.41, 5.74) is 8.06. The molecule has 5 aromatic rings. The average molecular weight is 665 g/mol. The first-order chi connectivity index (χ1) is 22.4. The Morgan fingerprint density at radius 1 is 1.04 bits per heavy atom. The number of carbonyl (C=O) groups excluding carboxylic acids is 2. The van der Waals surface area contributed by atoms with E-state index in [4.69, 9.17) is 15.2 Å². The molecule has 0 radical (unpaired) electrons. The summed E-state index contributed by atoms with van der Waals surface area (Å²) in [7, 11) is -4.03. The third-order valence-electron chi connectivity index (χ3n) is 7.71. The van der Waals surface area contributed by atoms with E-state index in [1.165, 1.54) is 41.4 Å². The summed E-state index contributed by atoms with van der Waals surface area (Å²) in [6, 6.07) is 13.1. The van der Waals surface area contributed by atoms with Crippen LogP contribution in [-0.4, -0.2) is 71.8 Å². The van der Waals surface area contributed by atoms with Crippen LogP contribution in [0.1, 0.15) is 27.2 Å². The van der Waals surface area contributed by atoms with E-state index in [1.54, 1.807) is 32.0 Å². The number of nitrogens with two attached hydrogens (primary N) is 1. The quantitative estimate of drug-likeness (QED) is 0.195. The van der Waals surface area contributed by atoms with Crippen LogP contribution in [-0.2, 0) is 19.6 Å². The molecule has 0 bridgehead atoms. The number of aromatic nitrogens is 3. The summed E-state index contributed by atoms with van der Waals surface area (Å²) in [4.78, 5) is 30.5. The van der Waals surface area contributed by atoms with E-state index < -0.39 is 39.1 Å². The van der Waals surface area contributed by atoms with Gasteiger partial charge in [0.25, 0.3) is 0 Å². The van der Waals surface area contributed by atoms with E-state index in [0.29, 0.717) is 48.3 Å². The Bertz CT molecular complexity index is 2120. The second kappa shape index (κ2) is 12.5. The fourth-order valence-electron chi connectivity index (χ4n) is 5.34. The van der Waals surface area contributed by atoms with Gasteiger partial charge < -0.3 is 25.1 Å². The number of nitrogen functional groups attached to an aromatic ring is 1. The van der Waals surface area contributed by atoms with Gasteiger partial charge in [0.05, 0.1) is 36.4 Å².